The molecule has 0 unspecified atom stereocenters. The van der Waals surface area contributed by atoms with E-state index >= 15 is 0 Å². The Morgan fingerprint density at radius 3 is 2.30 bits per heavy atom. The summed E-state index contributed by atoms with van der Waals surface area (Å²) in [6, 6.07) is 0. The second-order valence-corrected chi connectivity index (χ2v) is 6.67. The molecule has 1 heterocycles. The Balaban J connectivity index is 2.39. The first-order chi connectivity index (χ1) is 9.33. The predicted octanol–water partition coefficient (Wildman–Crippen LogP) is 1.22. The number of amides is 1. The molecule has 1 aliphatic rings. The van der Waals surface area contributed by atoms with Crippen molar-refractivity contribution >= 4 is 23.8 Å². The molecule has 6 nitrogen and oxygen atoms in total. The summed E-state index contributed by atoms with van der Waals surface area (Å²) in [4.78, 5) is 20.0. The molecule has 1 rings (SSSR count). The highest BCUT2D eigenvalue weighted by atomic mass is 32.2. The van der Waals surface area contributed by atoms with Gasteiger partial charge in [0.2, 0.25) is 0 Å². The Labute approximate surface area is 125 Å². The van der Waals surface area contributed by atoms with Crippen LogP contribution in [0.4, 0.5) is 4.79 Å². The number of nitrogens with zero attached hydrogens (tertiary/aromatic N) is 3. The number of nitrogens with two attached hydrogens (primary N) is 1. The number of thioether (sulfide) groups is 1. The summed E-state index contributed by atoms with van der Waals surface area (Å²) in [6.45, 7) is 8.99. The first kappa shape index (κ1) is 16.9. The molecule has 0 radical (unpaired) electrons. The van der Waals surface area contributed by atoms with Crippen molar-refractivity contribution < 1.29 is 9.53 Å². The van der Waals surface area contributed by atoms with Gasteiger partial charge in [0, 0.05) is 31.9 Å². The molecule has 116 valence electrons. The number of piperazine rings is 1. The van der Waals surface area contributed by atoms with Crippen LogP contribution in [0.2, 0.25) is 0 Å². The maximum atomic E-state index is 11.9. The normalized spacial score (nSPS) is 17.3. The summed E-state index contributed by atoms with van der Waals surface area (Å²) in [6.07, 6.45) is 1.79. The molecule has 1 aliphatic heterocycles. The van der Waals surface area contributed by atoms with E-state index in [4.69, 9.17) is 10.5 Å². The molecule has 0 aromatic carbocycles. The zero-order valence-corrected chi connectivity index (χ0v) is 13.7. The number of hydrogen-bond donors (Lipinski definition) is 1. The number of carbonyl (C=O) groups excluding carboxylic acids is 1. The minimum Gasteiger partial charge on any atom is -0.444 e. The molecular formula is C13H26N4O2S. The summed E-state index contributed by atoms with van der Waals surface area (Å²) < 4.78 is 5.36. The molecule has 0 atom stereocenters. The van der Waals surface area contributed by atoms with Crippen molar-refractivity contribution in [1.82, 2.24) is 9.80 Å². The molecule has 0 aromatic rings. The number of rotatable bonds is 3. The van der Waals surface area contributed by atoms with Crippen LogP contribution in [0.1, 0.15) is 20.8 Å². The molecule has 1 fully saturated rings. The van der Waals surface area contributed by atoms with Gasteiger partial charge in [-0.15, -0.1) is 0 Å². The molecular weight excluding hydrogens is 276 g/mol. The summed E-state index contributed by atoms with van der Waals surface area (Å²) in [5, 5.41) is 0. The van der Waals surface area contributed by atoms with Crippen LogP contribution in [-0.4, -0.2) is 72.2 Å². The lowest BCUT2D eigenvalue weighted by Crippen LogP contribution is -2.53. The van der Waals surface area contributed by atoms with Crippen LogP contribution in [0, 0.1) is 0 Å². The van der Waals surface area contributed by atoms with E-state index in [9.17, 15) is 4.79 Å². The van der Waals surface area contributed by atoms with E-state index in [0.29, 0.717) is 32.1 Å². The summed E-state index contributed by atoms with van der Waals surface area (Å²) >= 11 is 1.75. The number of guanidine groups is 1. The van der Waals surface area contributed by atoms with Crippen LogP contribution in [0.15, 0.2) is 4.99 Å². The van der Waals surface area contributed by atoms with Crippen molar-refractivity contribution in [1.29, 1.82) is 0 Å². The molecule has 1 amide bonds. The fraction of sp³-hybridized carbons (Fsp3) is 0.846. The number of aliphatic imine (C=N–C) groups is 1. The Kier molecular flexibility index (Phi) is 6.45. The minimum absolute atomic E-state index is 0.255. The van der Waals surface area contributed by atoms with Gasteiger partial charge < -0.3 is 20.3 Å². The van der Waals surface area contributed by atoms with Crippen molar-refractivity contribution in [3.63, 3.8) is 0 Å². The third-order valence-corrected chi connectivity index (χ3v) is 3.42. The SMILES string of the molecule is CSCCN=C(N)N1CCN(C(=O)OC(C)(C)C)CC1. The standard InChI is InChI=1S/C13H26N4O2S/c1-13(2,3)19-12(18)17-8-6-16(7-9-17)11(14)15-5-10-20-4/h5-10H2,1-4H3,(H2,14,15). The minimum atomic E-state index is -0.452. The first-order valence-electron chi connectivity index (χ1n) is 6.85. The average Bonchev–Trinajstić information content (AvgIpc) is 2.37. The van der Waals surface area contributed by atoms with Crippen molar-refractivity contribution in [3.8, 4) is 0 Å². The number of hydrogen-bond acceptors (Lipinski definition) is 4. The van der Waals surface area contributed by atoms with Crippen LogP contribution < -0.4 is 5.73 Å². The zero-order chi connectivity index (χ0) is 15.2. The lowest BCUT2D eigenvalue weighted by Gasteiger charge is -2.36. The second-order valence-electron chi connectivity index (χ2n) is 5.69. The molecule has 0 saturated carbocycles. The Morgan fingerprint density at radius 1 is 1.25 bits per heavy atom. The van der Waals surface area contributed by atoms with Crippen LogP contribution in [-0.2, 0) is 4.74 Å². The molecule has 0 bridgehead atoms. The third kappa shape index (κ3) is 5.90. The van der Waals surface area contributed by atoms with E-state index in [-0.39, 0.29) is 6.09 Å². The zero-order valence-electron chi connectivity index (χ0n) is 12.9. The van der Waals surface area contributed by atoms with Crippen molar-refractivity contribution in [2.24, 2.45) is 10.7 Å². The third-order valence-electron chi connectivity index (χ3n) is 2.82. The fourth-order valence-corrected chi connectivity index (χ4v) is 2.07. The van der Waals surface area contributed by atoms with Gasteiger partial charge in [0.15, 0.2) is 5.96 Å². The molecule has 1 saturated heterocycles. The van der Waals surface area contributed by atoms with Crippen LogP contribution in [0.3, 0.4) is 0 Å². The molecule has 0 aliphatic carbocycles. The van der Waals surface area contributed by atoms with E-state index in [1.807, 2.05) is 31.9 Å². The van der Waals surface area contributed by atoms with E-state index < -0.39 is 5.60 Å². The highest BCUT2D eigenvalue weighted by molar-refractivity contribution is 7.98. The largest absolute Gasteiger partial charge is 0.444 e. The second kappa shape index (κ2) is 7.61. The van der Waals surface area contributed by atoms with Crippen molar-refractivity contribution in [2.45, 2.75) is 26.4 Å². The van der Waals surface area contributed by atoms with E-state index in [0.717, 1.165) is 12.3 Å². The summed E-state index contributed by atoms with van der Waals surface area (Å²) in [7, 11) is 0. The fourth-order valence-electron chi connectivity index (χ4n) is 1.80. The van der Waals surface area contributed by atoms with Gasteiger partial charge in [-0.05, 0) is 27.0 Å². The highest BCUT2D eigenvalue weighted by Crippen LogP contribution is 2.11. The van der Waals surface area contributed by atoms with Gasteiger partial charge in [-0.2, -0.15) is 11.8 Å². The topological polar surface area (TPSA) is 71.2 Å². The quantitative estimate of drug-likeness (QED) is 0.482. The molecule has 0 aromatic heterocycles. The van der Waals surface area contributed by atoms with E-state index in [2.05, 4.69) is 4.99 Å². The first-order valence-corrected chi connectivity index (χ1v) is 8.24. The maximum Gasteiger partial charge on any atom is 0.410 e. The van der Waals surface area contributed by atoms with E-state index in [1.54, 1.807) is 16.7 Å². The van der Waals surface area contributed by atoms with Crippen molar-refractivity contribution in [2.75, 3.05) is 44.7 Å². The Bertz CT molecular complexity index is 347. The van der Waals surface area contributed by atoms with Gasteiger partial charge in [0.25, 0.3) is 0 Å². The van der Waals surface area contributed by atoms with Crippen LogP contribution in [0.5, 0.6) is 0 Å². The Morgan fingerprint density at radius 2 is 1.80 bits per heavy atom. The molecule has 20 heavy (non-hydrogen) atoms. The van der Waals surface area contributed by atoms with Crippen LogP contribution >= 0.6 is 11.8 Å². The monoisotopic (exact) mass is 302 g/mol. The van der Waals surface area contributed by atoms with Gasteiger partial charge in [-0.3, -0.25) is 4.99 Å². The molecule has 0 spiro atoms. The van der Waals surface area contributed by atoms with Gasteiger partial charge in [-0.25, -0.2) is 4.79 Å². The smallest absolute Gasteiger partial charge is 0.410 e. The molecule has 7 heteroatoms. The van der Waals surface area contributed by atoms with E-state index in [1.165, 1.54) is 0 Å². The lowest BCUT2D eigenvalue weighted by atomic mass is 10.2. The summed E-state index contributed by atoms with van der Waals surface area (Å²) in [5.74, 6) is 1.54. The van der Waals surface area contributed by atoms with Gasteiger partial charge >= 0.3 is 6.09 Å². The highest BCUT2D eigenvalue weighted by Gasteiger charge is 2.26. The maximum absolute atomic E-state index is 11.9. The lowest BCUT2D eigenvalue weighted by molar-refractivity contribution is 0.0186. The van der Waals surface area contributed by atoms with Crippen molar-refractivity contribution in [3.05, 3.63) is 0 Å². The Hall–Kier alpha value is -1.11. The molecule has 2 N–H and O–H groups in total. The van der Waals surface area contributed by atoms with Gasteiger partial charge in [-0.1, -0.05) is 0 Å². The van der Waals surface area contributed by atoms with Gasteiger partial charge in [0.1, 0.15) is 5.60 Å². The number of carbonyl (C=O) groups is 1. The summed E-state index contributed by atoms with van der Waals surface area (Å²) in [5.41, 5.74) is 5.49. The number of ether oxygens (including phenoxy) is 1. The predicted molar refractivity (Wildman–Crippen MR) is 84.3 cm³/mol. The van der Waals surface area contributed by atoms with Crippen LogP contribution in [0.25, 0.3) is 0 Å². The average molecular weight is 302 g/mol. The van der Waals surface area contributed by atoms with Gasteiger partial charge in [0.05, 0.1) is 6.54 Å².